The molecule has 11 nitrogen and oxygen atoms in total. The summed E-state index contributed by atoms with van der Waals surface area (Å²) in [5, 5.41) is 4.52. The summed E-state index contributed by atoms with van der Waals surface area (Å²) >= 11 is 0. The Hall–Kier alpha value is -4.75. The molecule has 0 unspecified atom stereocenters. The van der Waals surface area contributed by atoms with Gasteiger partial charge >= 0.3 is 12.2 Å². The zero-order valence-corrected chi connectivity index (χ0v) is 29.1. The van der Waals surface area contributed by atoms with Gasteiger partial charge in [-0.05, 0) is 56.9 Å². The minimum Gasteiger partial charge on any atom is -0.461 e. The molecule has 3 aromatic rings. The summed E-state index contributed by atoms with van der Waals surface area (Å²) in [6.45, 7) is 4.01. The van der Waals surface area contributed by atoms with Gasteiger partial charge in [-0.15, -0.1) is 5.92 Å². The highest BCUT2D eigenvalue weighted by molar-refractivity contribution is 5.92. The fourth-order valence-corrected chi connectivity index (χ4v) is 7.91. The highest BCUT2D eigenvalue weighted by atomic mass is 19.4. The van der Waals surface area contributed by atoms with E-state index in [4.69, 9.17) is 25.2 Å². The van der Waals surface area contributed by atoms with Crippen LogP contribution in [-0.2, 0) is 37.0 Å². The standard InChI is InChI=1S/C36H39F5N8O3/c1-4-7-22-12-25(42)31(38)29(30(22)36(39,40)41)28-14-26-24(19-51-28)32(47-9-6-11-49-23(18-47)13-27(45-49)33(50)46(2)3)44-34(43-26)52-20-35-8-5-10-48(35)17-21(15-35)16-37/h12-13,16,28H,5-6,8-11,14-15,17-20,42H2,1-3H3/b21-16-/t28-,35-/m1/s1. The summed E-state index contributed by atoms with van der Waals surface area (Å²) in [6, 6.07) is 2.62. The summed E-state index contributed by atoms with van der Waals surface area (Å²) in [5.41, 5.74) is 5.17. The minimum absolute atomic E-state index is 0.00355. The molecule has 2 saturated heterocycles. The molecule has 2 atom stereocenters. The number of fused-ring (bicyclic) bond motifs is 3. The van der Waals surface area contributed by atoms with Gasteiger partial charge in [0.05, 0.1) is 53.8 Å². The van der Waals surface area contributed by atoms with Crippen LogP contribution in [0.3, 0.4) is 0 Å². The molecule has 0 bridgehead atoms. The van der Waals surface area contributed by atoms with Crippen molar-refractivity contribution >= 4 is 17.4 Å². The lowest BCUT2D eigenvalue weighted by atomic mass is 9.91. The molecule has 2 N–H and O–H groups in total. The van der Waals surface area contributed by atoms with E-state index in [9.17, 15) is 22.4 Å². The molecular formula is C36H39F5N8O3. The Morgan fingerprint density at radius 1 is 1.19 bits per heavy atom. The Bertz CT molecular complexity index is 2000. The van der Waals surface area contributed by atoms with Gasteiger partial charge in [0.15, 0.2) is 11.5 Å². The van der Waals surface area contributed by atoms with Crippen molar-refractivity contribution in [3.63, 3.8) is 0 Å². The molecule has 0 aliphatic carbocycles. The second kappa shape index (κ2) is 13.7. The normalized spacial score (nSPS) is 22.3. The molecule has 276 valence electrons. The molecule has 2 aromatic heterocycles. The number of amides is 1. The molecule has 6 heterocycles. The number of alkyl halides is 3. The first-order chi connectivity index (χ1) is 24.8. The van der Waals surface area contributed by atoms with E-state index in [1.807, 2.05) is 4.90 Å². The number of ether oxygens (including phenoxy) is 2. The van der Waals surface area contributed by atoms with Gasteiger partial charge < -0.3 is 25.0 Å². The van der Waals surface area contributed by atoms with E-state index in [0.717, 1.165) is 31.1 Å². The minimum atomic E-state index is -4.96. The molecule has 1 aromatic carbocycles. The predicted octanol–water partition coefficient (Wildman–Crippen LogP) is 5.18. The fourth-order valence-electron chi connectivity index (χ4n) is 7.91. The number of hydrogen-bond acceptors (Lipinski definition) is 9. The summed E-state index contributed by atoms with van der Waals surface area (Å²) in [6.07, 6.45) is -3.08. The number of hydrogen-bond donors (Lipinski definition) is 1. The molecule has 7 rings (SSSR count). The van der Waals surface area contributed by atoms with Crippen molar-refractivity contribution in [3.8, 4) is 17.9 Å². The summed E-state index contributed by atoms with van der Waals surface area (Å²) in [5.74, 6) is 3.87. The SMILES string of the molecule is CC#Cc1cc(N)c(F)c([C@H]2Cc3nc(OC[C@]45CCCN4C/C(=C\F)C5)nc(N4CCCn5nc(C(=O)N(C)C)cc5C4)c3CO2)c1C(F)(F)F. The second-order valence-corrected chi connectivity index (χ2v) is 13.9. The number of benzene rings is 1. The monoisotopic (exact) mass is 726 g/mol. The third-order valence-corrected chi connectivity index (χ3v) is 10.3. The molecule has 0 radical (unpaired) electrons. The third-order valence-electron chi connectivity index (χ3n) is 10.3. The zero-order chi connectivity index (χ0) is 36.9. The van der Waals surface area contributed by atoms with E-state index >= 15 is 4.39 Å². The number of nitrogens with zero attached hydrogens (tertiary/aromatic N) is 7. The maximum absolute atomic E-state index is 15.7. The van der Waals surface area contributed by atoms with E-state index in [0.29, 0.717) is 73.7 Å². The van der Waals surface area contributed by atoms with E-state index in [1.54, 1.807) is 24.8 Å². The van der Waals surface area contributed by atoms with Crippen LogP contribution in [0.2, 0.25) is 0 Å². The van der Waals surface area contributed by atoms with E-state index < -0.39 is 46.0 Å². The molecule has 52 heavy (non-hydrogen) atoms. The fraction of sp³-hybridized carbons (Fsp3) is 0.500. The third kappa shape index (κ3) is 6.44. The number of aryl methyl sites for hydroxylation is 1. The number of carbonyl (C=O) groups is 1. The molecule has 16 heteroatoms. The van der Waals surface area contributed by atoms with Gasteiger partial charge in [-0.3, -0.25) is 14.4 Å². The zero-order valence-electron chi connectivity index (χ0n) is 29.1. The molecule has 2 fully saturated rings. The largest absolute Gasteiger partial charge is 0.461 e. The van der Waals surface area contributed by atoms with Crippen molar-refractivity contribution in [1.82, 2.24) is 29.5 Å². The van der Waals surface area contributed by atoms with Gasteiger partial charge in [-0.2, -0.15) is 28.2 Å². The summed E-state index contributed by atoms with van der Waals surface area (Å²) in [4.78, 5) is 27.9. The number of nitrogens with two attached hydrogens (primary N) is 1. The van der Waals surface area contributed by atoms with Crippen molar-refractivity contribution in [1.29, 1.82) is 0 Å². The van der Waals surface area contributed by atoms with E-state index in [-0.39, 0.29) is 31.6 Å². The lowest BCUT2D eigenvalue weighted by Crippen LogP contribution is -2.43. The van der Waals surface area contributed by atoms with Crippen LogP contribution in [0.25, 0.3) is 0 Å². The first kappa shape index (κ1) is 35.6. The van der Waals surface area contributed by atoms with Crippen LogP contribution in [0.15, 0.2) is 24.0 Å². The Morgan fingerprint density at radius 2 is 2.00 bits per heavy atom. The van der Waals surface area contributed by atoms with E-state index in [1.165, 1.54) is 11.8 Å². The second-order valence-electron chi connectivity index (χ2n) is 13.9. The maximum Gasteiger partial charge on any atom is 0.418 e. The van der Waals surface area contributed by atoms with Crippen molar-refractivity contribution < 1.29 is 36.2 Å². The average molecular weight is 727 g/mol. The number of anilines is 2. The lowest BCUT2D eigenvalue weighted by molar-refractivity contribution is -0.140. The van der Waals surface area contributed by atoms with Crippen LogP contribution in [0.1, 0.15) is 82.8 Å². The first-order valence-corrected chi connectivity index (χ1v) is 17.1. The lowest BCUT2D eigenvalue weighted by Gasteiger charge is -2.33. The van der Waals surface area contributed by atoms with Crippen molar-refractivity contribution in [3.05, 3.63) is 69.2 Å². The number of carbonyl (C=O) groups excluding carboxylic acids is 1. The number of aromatic nitrogens is 4. The van der Waals surface area contributed by atoms with Gasteiger partial charge in [0.1, 0.15) is 12.4 Å². The van der Waals surface area contributed by atoms with E-state index in [2.05, 4.69) is 21.8 Å². The van der Waals surface area contributed by atoms with Crippen LogP contribution in [0.5, 0.6) is 6.01 Å². The van der Waals surface area contributed by atoms with Crippen LogP contribution < -0.4 is 15.4 Å². The smallest absolute Gasteiger partial charge is 0.418 e. The van der Waals surface area contributed by atoms with Crippen LogP contribution in [0.4, 0.5) is 33.5 Å². The first-order valence-electron chi connectivity index (χ1n) is 17.1. The van der Waals surface area contributed by atoms with Gasteiger partial charge in [-0.1, -0.05) is 5.92 Å². The van der Waals surface area contributed by atoms with Gasteiger partial charge in [0.25, 0.3) is 5.91 Å². The predicted molar refractivity (Wildman–Crippen MR) is 180 cm³/mol. The van der Waals surface area contributed by atoms with Crippen LogP contribution in [-0.4, -0.2) is 81.3 Å². The molecule has 0 saturated carbocycles. The van der Waals surface area contributed by atoms with Crippen LogP contribution >= 0.6 is 0 Å². The van der Waals surface area contributed by atoms with Gasteiger partial charge in [-0.25, -0.2) is 8.78 Å². The number of nitrogen functional groups attached to an aromatic ring is 1. The summed E-state index contributed by atoms with van der Waals surface area (Å²) < 4.78 is 87.2. The molecular weight excluding hydrogens is 687 g/mol. The average Bonchev–Trinajstić information content (AvgIpc) is 3.75. The number of rotatable bonds is 6. The van der Waals surface area contributed by atoms with Crippen molar-refractivity contribution in [2.75, 3.05) is 51.0 Å². The molecule has 4 aliphatic heterocycles. The van der Waals surface area contributed by atoms with Crippen molar-refractivity contribution in [2.24, 2.45) is 0 Å². The Balaban J connectivity index is 1.28. The highest BCUT2D eigenvalue weighted by Gasteiger charge is 2.47. The Labute approximate surface area is 297 Å². The molecule has 4 aliphatic rings. The topological polar surface area (TPSA) is 115 Å². The maximum atomic E-state index is 15.7. The Morgan fingerprint density at radius 3 is 2.73 bits per heavy atom. The van der Waals surface area contributed by atoms with Gasteiger partial charge in [0, 0.05) is 56.8 Å². The Kier molecular flexibility index (Phi) is 9.37. The summed E-state index contributed by atoms with van der Waals surface area (Å²) in [7, 11) is 3.30. The van der Waals surface area contributed by atoms with Gasteiger partial charge in [0.2, 0.25) is 0 Å². The number of halogens is 5. The quantitative estimate of drug-likeness (QED) is 0.209. The van der Waals surface area contributed by atoms with Crippen molar-refractivity contribution in [2.45, 2.75) is 76.5 Å². The highest BCUT2D eigenvalue weighted by Crippen LogP contribution is 2.45. The molecule has 1 amide bonds. The molecule has 0 spiro atoms. The van der Waals surface area contributed by atoms with Crippen LogP contribution in [0, 0.1) is 17.7 Å².